The summed E-state index contributed by atoms with van der Waals surface area (Å²) >= 11 is 0. The highest BCUT2D eigenvalue weighted by Crippen LogP contribution is 2.29. The van der Waals surface area contributed by atoms with E-state index in [0.717, 1.165) is 0 Å². The van der Waals surface area contributed by atoms with Gasteiger partial charge in [-0.3, -0.25) is 14.2 Å². The molecule has 0 fully saturated rings. The molecule has 0 aliphatic heterocycles. The van der Waals surface area contributed by atoms with Crippen molar-refractivity contribution < 1.29 is 14.3 Å². The molecule has 0 aliphatic rings. The third-order valence-electron chi connectivity index (χ3n) is 4.74. The number of rotatable bonds is 6. The number of fused-ring (bicyclic) bond motifs is 1. The SMILES string of the molecule is COc1ccc(NC(=O)CCn2c(C)nc3c(cnn3C(C)(C)C)c2=O)cc1OC. The van der Waals surface area contributed by atoms with E-state index in [1.807, 2.05) is 20.8 Å². The van der Waals surface area contributed by atoms with Gasteiger partial charge in [-0.05, 0) is 39.8 Å². The van der Waals surface area contributed by atoms with Gasteiger partial charge in [0.15, 0.2) is 17.1 Å². The second-order valence-electron chi connectivity index (χ2n) is 7.95. The van der Waals surface area contributed by atoms with Gasteiger partial charge in [-0.15, -0.1) is 0 Å². The van der Waals surface area contributed by atoms with E-state index in [1.54, 1.807) is 36.9 Å². The number of hydrogen-bond donors (Lipinski definition) is 1. The van der Waals surface area contributed by atoms with Crippen LogP contribution in [0.5, 0.6) is 11.5 Å². The number of ether oxygens (including phenoxy) is 2. The minimum Gasteiger partial charge on any atom is -0.493 e. The van der Waals surface area contributed by atoms with Gasteiger partial charge in [0.25, 0.3) is 5.56 Å². The Bertz CT molecular complexity index is 1140. The molecule has 30 heavy (non-hydrogen) atoms. The Hall–Kier alpha value is -3.36. The summed E-state index contributed by atoms with van der Waals surface area (Å²) in [5.74, 6) is 1.41. The Morgan fingerprint density at radius 3 is 2.50 bits per heavy atom. The first-order chi connectivity index (χ1) is 14.2. The molecule has 3 rings (SSSR count). The molecule has 0 saturated heterocycles. The molecule has 0 bridgehead atoms. The van der Waals surface area contributed by atoms with Gasteiger partial charge < -0.3 is 14.8 Å². The number of anilines is 1. The van der Waals surface area contributed by atoms with Crippen molar-refractivity contribution in [2.24, 2.45) is 0 Å². The molecule has 2 heterocycles. The molecule has 0 spiro atoms. The van der Waals surface area contributed by atoms with Crippen LogP contribution < -0.4 is 20.3 Å². The van der Waals surface area contributed by atoms with Crippen LogP contribution in [0.1, 0.15) is 33.0 Å². The van der Waals surface area contributed by atoms with Crippen LogP contribution in [0.3, 0.4) is 0 Å². The second-order valence-corrected chi connectivity index (χ2v) is 7.95. The van der Waals surface area contributed by atoms with Crippen LogP contribution in [0.25, 0.3) is 11.0 Å². The number of hydrogen-bond acceptors (Lipinski definition) is 6. The zero-order valence-electron chi connectivity index (χ0n) is 18.1. The van der Waals surface area contributed by atoms with E-state index in [9.17, 15) is 9.59 Å². The molecule has 2 aromatic heterocycles. The molecule has 9 nitrogen and oxygen atoms in total. The van der Waals surface area contributed by atoms with Crippen molar-refractivity contribution >= 4 is 22.6 Å². The summed E-state index contributed by atoms with van der Waals surface area (Å²) < 4.78 is 13.7. The summed E-state index contributed by atoms with van der Waals surface area (Å²) in [5.41, 5.74) is 0.642. The summed E-state index contributed by atoms with van der Waals surface area (Å²) in [7, 11) is 3.08. The van der Waals surface area contributed by atoms with Gasteiger partial charge in [-0.2, -0.15) is 5.10 Å². The smallest absolute Gasteiger partial charge is 0.264 e. The normalized spacial score (nSPS) is 11.5. The first kappa shape index (κ1) is 21.4. The maximum Gasteiger partial charge on any atom is 0.264 e. The lowest BCUT2D eigenvalue weighted by molar-refractivity contribution is -0.116. The molecule has 1 amide bonds. The third-order valence-corrected chi connectivity index (χ3v) is 4.74. The number of amides is 1. The molecule has 0 atom stereocenters. The van der Waals surface area contributed by atoms with Crippen molar-refractivity contribution in [1.29, 1.82) is 0 Å². The average Bonchev–Trinajstić information content (AvgIpc) is 3.12. The summed E-state index contributed by atoms with van der Waals surface area (Å²) in [5, 5.41) is 7.58. The molecule has 0 radical (unpaired) electrons. The summed E-state index contributed by atoms with van der Waals surface area (Å²) in [6.07, 6.45) is 1.66. The number of carbonyl (C=O) groups excluding carboxylic acids is 1. The Morgan fingerprint density at radius 1 is 1.17 bits per heavy atom. The number of nitrogens with one attached hydrogen (secondary N) is 1. The number of methoxy groups -OCH3 is 2. The van der Waals surface area contributed by atoms with Crippen molar-refractivity contribution in [3.05, 3.63) is 40.6 Å². The highest BCUT2D eigenvalue weighted by atomic mass is 16.5. The van der Waals surface area contributed by atoms with Gasteiger partial charge in [0.05, 0.1) is 26.0 Å². The van der Waals surface area contributed by atoms with Crippen LogP contribution in [0.4, 0.5) is 5.69 Å². The number of carbonyl (C=O) groups is 1. The van der Waals surface area contributed by atoms with Gasteiger partial charge in [0, 0.05) is 24.7 Å². The Labute approximate surface area is 174 Å². The van der Waals surface area contributed by atoms with Crippen molar-refractivity contribution in [3.8, 4) is 11.5 Å². The molecule has 9 heteroatoms. The van der Waals surface area contributed by atoms with Gasteiger partial charge in [0.1, 0.15) is 11.2 Å². The van der Waals surface area contributed by atoms with Gasteiger partial charge >= 0.3 is 0 Å². The van der Waals surface area contributed by atoms with Crippen LogP contribution in [0.15, 0.2) is 29.2 Å². The molecule has 3 aromatic rings. The standard InChI is InChI=1S/C21H27N5O4/c1-13-23-19-15(12-22-26(19)21(2,3)4)20(28)25(13)10-9-18(27)24-14-7-8-16(29-5)17(11-14)30-6/h7-8,11-12H,9-10H2,1-6H3,(H,24,27). The van der Waals surface area contributed by atoms with Crippen molar-refractivity contribution in [2.45, 2.75) is 46.2 Å². The third kappa shape index (κ3) is 4.14. The lowest BCUT2D eigenvalue weighted by Gasteiger charge is -2.20. The highest BCUT2D eigenvalue weighted by Gasteiger charge is 2.21. The molecule has 160 valence electrons. The fourth-order valence-corrected chi connectivity index (χ4v) is 3.21. The van der Waals surface area contributed by atoms with Crippen molar-refractivity contribution in [1.82, 2.24) is 19.3 Å². The first-order valence-corrected chi connectivity index (χ1v) is 9.63. The molecule has 0 aliphatic carbocycles. The van der Waals surface area contributed by atoms with Crippen LogP contribution in [0, 0.1) is 6.92 Å². The molecule has 0 unspecified atom stereocenters. The van der Waals surface area contributed by atoms with E-state index < -0.39 is 0 Å². The average molecular weight is 413 g/mol. The second kappa shape index (κ2) is 8.17. The zero-order valence-corrected chi connectivity index (χ0v) is 18.1. The van der Waals surface area contributed by atoms with E-state index in [2.05, 4.69) is 15.4 Å². The first-order valence-electron chi connectivity index (χ1n) is 9.63. The molecular formula is C21H27N5O4. The van der Waals surface area contributed by atoms with E-state index in [4.69, 9.17) is 9.47 Å². The van der Waals surface area contributed by atoms with Crippen LogP contribution >= 0.6 is 0 Å². The van der Waals surface area contributed by atoms with Crippen molar-refractivity contribution in [2.75, 3.05) is 19.5 Å². The van der Waals surface area contributed by atoms with E-state index in [1.165, 1.54) is 17.9 Å². The molecule has 0 saturated carbocycles. The number of benzene rings is 1. The Morgan fingerprint density at radius 2 is 1.87 bits per heavy atom. The maximum atomic E-state index is 12.9. The number of nitrogens with zero attached hydrogens (tertiary/aromatic N) is 4. The predicted octanol–water partition coefficient (Wildman–Crippen LogP) is 2.70. The minimum absolute atomic E-state index is 0.121. The lowest BCUT2D eigenvalue weighted by atomic mass is 10.1. The quantitative estimate of drug-likeness (QED) is 0.667. The fraction of sp³-hybridized carbons (Fsp3) is 0.429. The number of aryl methyl sites for hydroxylation is 1. The van der Waals surface area contributed by atoms with E-state index >= 15 is 0 Å². The Balaban J connectivity index is 1.77. The largest absolute Gasteiger partial charge is 0.493 e. The van der Waals surface area contributed by atoms with Gasteiger partial charge in [-0.1, -0.05) is 0 Å². The molecule has 1 aromatic carbocycles. The monoisotopic (exact) mass is 413 g/mol. The number of aromatic nitrogens is 4. The summed E-state index contributed by atoms with van der Waals surface area (Å²) in [6, 6.07) is 5.13. The van der Waals surface area contributed by atoms with Crippen LogP contribution in [0.2, 0.25) is 0 Å². The van der Waals surface area contributed by atoms with E-state index in [-0.39, 0.29) is 30.0 Å². The maximum absolute atomic E-state index is 12.9. The predicted molar refractivity (Wildman–Crippen MR) is 114 cm³/mol. The van der Waals surface area contributed by atoms with Crippen molar-refractivity contribution in [3.63, 3.8) is 0 Å². The fourth-order valence-electron chi connectivity index (χ4n) is 3.21. The van der Waals surface area contributed by atoms with Crippen LogP contribution in [-0.4, -0.2) is 39.5 Å². The van der Waals surface area contributed by atoms with Crippen LogP contribution in [-0.2, 0) is 16.9 Å². The summed E-state index contributed by atoms with van der Waals surface area (Å²) in [4.78, 5) is 29.9. The summed E-state index contributed by atoms with van der Waals surface area (Å²) in [6.45, 7) is 7.97. The van der Waals surface area contributed by atoms with E-state index in [0.29, 0.717) is 34.0 Å². The Kier molecular flexibility index (Phi) is 5.82. The molecular weight excluding hydrogens is 386 g/mol. The highest BCUT2D eigenvalue weighted by molar-refractivity contribution is 5.91. The topological polar surface area (TPSA) is 100 Å². The zero-order chi connectivity index (χ0) is 22.1. The molecule has 1 N–H and O–H groups in total. The minimum atomic E-state index is -0.293. The van der Waals surface area contributed by atoms with Gasteiger partial charge in [-0.25, -0.2) is 9.67 Å². The lowest BCUT2D eigenvalue weighted by Crippen LogP contribution is -2.28. The van der Waals surface area contributed by atoms with Gasteiger partial charge in [0.2, 0.25) is 5.91 Å².